The summed E-state index contributed by atoms with van der Waals surface area (Å²) in [5.41, 5.74) is 3.30. The topological polar surface area (TPSA) is 65.6 Å². The molecule has 4 aromatic rings. The average molecular weight is 422 g/mol. The minimum atomic E-state index is 0.548. The van der Waals surface area contributed by atoms with E-state index in [0.717, 1.165) is 26.2 Å². The maximum Gasteiger partial charge on any atom is 0.174 e. The Hall–Kier alpha value is -2.75. The van der Waals surface area contributed by atoms with Crippen molar-refractivity contribution >= 4 is 50.4 Å². The second-order valence-electron chi connectivity index (χ2n) is 5.49. The molecule has 0 aliphatic heterocycles. The molecule has 126 valence electrons. The van der Waals surface area contributed by atoms with Crippen molar-refractivity contribution in [1.82, 2.24) is 9.97 Å². The molecule has 0 aliphatic carbocycles. The van der Waals surface area contributed by atoms with Crippen molar-refractivity contribution in [2.24, 2.45) is 0 Å². The molecule has 0 aliphatic rings. The summed E-state index contributed by atoms with van der Waals surface area (Å²) in [7, 11) is 0. The summed E-state index contributed by atoms with van der Waals surface area (Å²) in [5, 5.41) is 10.9. The fourth-order valence-electron chi connectivity index (χ4n) is 2.49. The number of aromatic amines is 1. The predicted molar refractivity (Wildman–Crippen MR) is 107 cm³/mol. The van der Waals surface area contributed by atoms with E-state index in [9.17, 15) is 5.26 Å². The maximum atomic E-state index is 9.44. The highest BCUT2D eigenvalue weighted by atomic mass is 79.9. The first kappa shape index (κ1) is 16.7. The molecule has 0 unspecified atom stereocenters. The number of H-pyrrole nitrogens is 1. The quantitative estimate of drug-likeness (QED) is 0.402. The van der Waals surface area contributed by atoms with Crippen LogP contribution in [0.4, 0.5) is 0 Å². The third-order valence-electron chi connectivity index (χ3n) is 3.73. The molecule has 0 atom stereocenters. The number of halogens is 1. The Bertz CT molecular complexity index is 1100. The molecule has 4 nitrogen and oxygen atoms in total. The van der Waals surface area contributed by atoms with Gasteiger partial charge in [0.25, 0.3) is 0 Å². The van der Waals surface area contributed by atoms with Crippen LogP contribution in [0.2, 0.25) is 0 Å². The number of hydrogen-bond acceptors (Lipinski definition) is 4. The molecule has 0 fully saturated rings. The predicted octanol–water partition coefficient (Wildman–Crippen LogP) is 6.13. The number of allylic oxidation sites excluding steroid dienone is 1. The number of nitrogens with one attached hydrogen (secondary N) is 1. The van der Waals surface area contributed by atoms with Crippen LogP contribution in [0.1, 0.15) is 11.3 Å². The second kappa shape index (κ2) is 7.24. The van der Waals surface area contributed by atoms with E-state index in [4.69, 9.17) is 4.42 Å². The lowest BCUT2D eigenvalue weighted by Crippen LogP contribution is -1.80. The summed E-state index contributed by atoms with van der Waals surface area (Å²) in [6.45, 7) is 0. The van der Waals surface area contributed by atoms with Crippen LogP contribution in [0.3, 0.4) is 0 Å². The minimum absolute atomic E-state index is 0.548. The van der Waals surface area contributed by atoms with Crippen molar-refractivity contribution in [2.75, 3.05) is 0 Å². The van der Waals surface area contributed by atoms with Crippen molar-refractivity contribution in [2.45, 2.75) is 10.2 Å². The third kappa shape index (κ3) is 3.59. The van der Waals surface area contributed by atoms with Gasteiger partial charge in [-0.2, -0.15) is 5.26 Å². The van der Waals surface area contributed by atoms with Gasteiger partial charge in [0.15, 0.2) is 10.2 Å². The highest BCUT2D eigenvalue weighted by molar-refractivity contribution is 9.10. The van der Waals surface area contributed by atoms with Crippen LogP contribution in [0, 0.1) is 11.3 Å². The Balaban J connectivity index is 1.57. The van der Waals surface area contributed by atoms with Crippen LogP contribution < -0.4 is 0 Å². The van der Waals surface area contributed by atoms with Crippen molar-refractivity contribution in [1.29, 1.82) is 5.26 Å². The molecule has 2 aromatic carbocycles. The average Bonchev–Trinajstić information content (AvgIpc) is 3.26. The van der Waals surface area contributed by atoms with E-state index in [0.29, 0.717) is 16.4 Å². The van der Waals surface area contributed by atoms with Gasteiger partial charge in [-0.1, -0.05) is 40.2 Å². The number of rotatable bonds is 4. The number of nitriles is 1. The standard InChI is InChI=1S/C20H12BrN3OS/c21-15-7-5-13(6-8-15)14(12-22)11-16-9-10-19(25-16)26-20-23-17-3-1-2-4-18(17)24-20/h1-11H,(H,23,24)/b14-11-. The molecular formula is C20H12BrN3OS. The molecule has 2 heterocycles. The van der Waals surface area contributed by atoms with Crippen molar-refractivity contribution in [3.8, 4) is 6.07 Å². The normalized spacial score (nSPS) is 11.6. The Morgan fingerprint density at radius 2 is 1.92 bits per heavy atom. The van der Waals surface area contributed by atoms with Crippen molar-refractivity contribution in [3.63, 3.8) is 0 Å². The number of aromatic nitrogens is 2. The molecule has 0 saturated heterocycles. The summed E-state index contributed by atoms with van der Waals surface area (Å²) >= 11 is 4.81. The lowest BCUT2D eigenvalue weighted by molar-refractivity contribution is 0.466. The van der Waals surface area contributed by atoms with Crippen LogP contribution in [-0.4, -0.2) is 9.97 Å². The van der Waals surface area contributed by atoms with Crippen molar-refractivity contribution in [3.05, 3.63) is 76.5 Å². The lowest BCUT2D eigenvalue weighted by atomic mass is 10.1. The minimum Gasteiger partial charge on any atom is -0.450 e. The number of benzene rings is 2. The van der Waals surface area contributed by atoms with Gasteiger partial charge in [0.2, 0.25) is 0 Å². The van der Waals surface area contributed by atoms with Gasteiger partial charge in [-0.05, 0) is 59.8 Å². The fraction of sp³-hybridized carbons (Fsp3) is 0. The van der Waals surface area contributed by atoms with Crippen LogP contribution in [-0.2, 0) is 0 Å². The van der Waals surface area contributed by atoms with Gasteiger partial charge in [0.1, 0.15) is 5.76 Å². The zero-order valence-electron chi connectivity index (χ0n) is 13.4. The molecular weight excluding hydrogens is 410 g/mol. The Morgan fingerprint density at radius 3 is 2.69 bits per heavy atom. The molecule has 0 saturated carbocycles. The zero-order chi connectivity index (χ0) is 17.9. The number of para-hydroxylation sites is 2. The van der Waals surface area contributed by atoms with Gasteiger partial charge in [-0.15, -0.1) is 0 Å². The smallest absolute Gasteiger partial charge is 0.174 e. The molecule has 2 aromatic heterocycles. The summed E-state index contributed by atoms with van der Waals surface area (Å²) < 4.78 is 6.80. The molecule has 0 radical (unpaired) electrons. The molecule has 4 rings (SSSR count). The highest BCUT2D eigenvalue weighted by Gasteiger charge is 2.09. The first-order valence-corrected chi connectivity index (χ1v) is 9.42. The van der Waals surface area contributed by atoms with Gasteiger partial charge in [-0.25, -0.2) is 4.98 Å². The van der Waals surface area contributed by atoms with E-state index in [2.05, 4.69) is 32.0 Å². The summed E-state index contributed by atoms with van der Waals surface area (Å²) in [6.07, 6.45) is 1.74. The molecule has 6 heteroatoms. The molecule has 0 spiro atoms. The fourth-order valence-corrected chi connectivity index (χ4v) is 3.53. The van der Waals surface area contributed by atoms with Gasteiger partial charge in [0.05, 0.1) is 22.7 Å². The Labute approximate surface area is 162 Å². The number of fused-ring (bicyclic) bond motifs is 1. The van der Waals surface area contributed by atoms with Gasteiger partial charge in [0, 0.05) is 4.47 Å². The van der Waals surface area contributed by atoms with E-state index in [1.54, 1.807) is 6.08 Å². The molecule has 0 amide bonds. The largest absolute Gasteiger partial charge is 0.450 e. The first-order valence-electron chi connectivity index (χ1n) is 7.81. The molecule has 0 bridgehead atoms. The molecule has 1 N–H and O–H groups in total. The van der Waals surface area contributed by atoms with Gasteiger partial charge in [-0.3, -0.25) is 0 Å². The summed E-state index contributed by atoms with van der Waals surface area (Å²) in [4.78, 5) is 7.78. The lowest BCUT2D eigenvalue weighted by Gasteiger charge is -1.98. The Morgan fingerprint density at radius 1 is 1.12 bits per heavy atom. The van der Waals surface area contributed by atoms with Crippen LogP contribution in [0.25, 0.3) is 22.7 Å². The maximum absolute atomic E-state index is 9.44. The van der Waals surface area contributed by atoms with E-state index >= 15 is 0 Å². The highest BCUT2D eigenvalue weighted by Crippen LogP contribution is 2.30. The summed E-state index contributed by atoms with van der Waals surface area (Å²) in [5.74, 6) is 0.628. The molecule has 26 heavy (non-hydrogen) atoms. The van der Waals surface area contributed by atoms with E-state index in [-0.39, 0.29) is 0 Å². The van der Waals surface area contributed by atoms with Crippen molar-refractivity contribution < 1.29 is 4.42 Å². The number of hydrogen-bond donors (Lipinski definition) is 1. The second-order valence-corrected chi connectivity index (χ2v) is 7.40. The SMILES string of the molecule is N#C/C(=C/c1ccc(Sc2nc3ccccc3[nH]2)o1)c1ccc(Br)cc1. The van der Waals surface area contributed by atoms with Gasteiger partial charge >= 0.3 is 0 Å². The van der Waals surface area contributed by atoms with E-state index in [1.807, 2.05) is 60.7 Å². The van der Waals surface area contributed by atoms with E-state index in [1.165, 1.54) is 11.8 Å². The first-order chi connectivity index (χ1) is 12.7. The van der Waals surface area contributed by atoms with Crippen LogP contribution in [0.15, 0.2) is 79.8 Å². The van der Waals surface area contributed by atoms with Gasteiger partial charge < -0.3 is 9.40 Å². The number of furan rings is 1. The summed E-state index contributed by atoms with van der Waals surface area (Å²) in [6, 6.07) is 21.4. The number of nitrogens with zero attached hydrogens (tertiary/aromatic N) is 2. The van der Waals surface area contributed by atoms with E-state index < -0.39 is 0 Å². The van der Waals surface area contributed by atoms with Crippen LogP contribution >= 0.6 is 27.7 Å². The third-order valence-corrected chi connectivity index (χ3v) is 5.07. The Kier molecular flexibility index (Phi) is 4.65. The monoisotopic (exact) mass is 421 g/mol. The number of imidazole rings is 1. The zero-order valence-corrected chi connectivity index (χ0v) is 15.8. The van der Waals surface area contributed by atoms with Crippen LogP contribution in [0.5, 0.6) is 0 Å².